The molecular weight excluding hydrogens is 207 g/mol. The van der Waals surface area contributed by atoms with Crippen molar-refractivity contribution < 1.29 is 0 Å². The molecule has 0 bridgehead atoms. The van der Waals surface area contributed by atoms with Crippen molar-refractivity contribution in [3.05, 3.63) is 0 Å². The van der Waals surface area contributed by atoms with E-state index < -0.39 is 0 Å². The first-order valence-electron chi connectivity index (χ1n) is 4.56. The fourth-order valence-electron chi connectivity index (χ4n) is 1.92. The van der Waals surface area contributed by atoms with Crippen LogP contribution in [0.4, 0.5) is 0 Å². The Balaban J connectivity index is 0. The van der Waals surface area contributed by atoms with Gasteiger partial charge in [-0.3, -0.25) is 0 Å². The van der Waals surface area contributed by atoms with Crippen LogP contribution in [0.2, 0.25) is 0 Å². The van der Waals surface area contributed by atoms with Crippen LogP contribution in [0.15, 0.2) is 0 Å². The van der Waals surface area contributed by atoms with E-state index in [1.165, 1.54) is 25.9 Å². The van der Waals surface area contributed by atoms with Gasteiger partial charge in [-0.2, -0.15) is 0 Å². The number of hydrogen-bond donors (Lipinski definition) is 1. The molecule has 1 rings (SSSR count). The number of nitrogens with two attached hydrogens (primary N) is 1. The summed E-state index contributed by atoms with van der Waals surface area (Å²) in [5.74, 6) is 0. The minimum Gasteiger partial charge on any atom is -0.329 e. The molecule has 0 aromatic rings. The standard InChI is InChI=1S/C9H20N2.2ClH/c1-9(2)4-3-6-11(8-9)7-5-10;;/h3-8,10H2,1-2H3;2*1H. The highest BCUT2D eigenvalue weighted by molar-refractivity contribution is 5.85. The molecule has 1 heterocycles. The van der Waals surface area contributed by atoms with Crippen molar-refractivity contribution in [1.29, 1.82) is 0 Å². The molecule has 1 aliphatic rings. The lowest BCUT2D eigenvalue weighted by Crippen LogP contribution is -2.42. The van der Waals surface area contributed by atoms with Crippen LogP contribution in [0.1, 0.15) is 26.7 Å². The Morgan fingerprint density at radius 1 is 1.31 bits per heavy atom. The minimum absolute atomic E-state index is 0. The SMILES string of the molecule is CC1(C)CCCN(CCN)C1.Cl.Cl. The van der Waals surface area contributed by atoms with Crippen molar-refractivity contribution in [1.82, 2.24) is 4.90 Å². The average molecular weight is 229 g/mol. The summed E-state index contributed by atoms with van der Waals surface area (Å²) in [6, 6.07) is 0. The van der Waals surface area contributed by atoms with Gasteiger partial charge < -0.3 is 10.6 Å². The predicted molar refractivity (Wildman–Crippen MR) is 63.0 cm³/mol. The topological polar surface area (TPSA) is 29.3 Å². The number of piperidine rings is 1. The van der Waals surface area contributed by atoms with Gasteiger partial charge in [-0.25, -0.2) is 0 Å². The molecule has 0 aliphatic carbocycles. The molecule has 1 saturated heterocycles. The van der Waals surface area contributed by atoms with E-state index in [4.69, 9.17) is 5.73 Å². The van der Waals surface area contributed by atoms with Crippen molar-refractivity contribution in [2.45, 2.75) is 26.7 Å². The molecule has 0 aromatic carbocycles. The Kier molecular flexibility index (Phi) is 8.44. The van der Waals surface area contributed by atoms with Gasteiger partial charge in [0.15, 0.2) is 0 Å². The van der Waals surface area contributed by atoms with Gasteiger partial charge in [0.25, 0.3) is 0 Å². The minimum atomic E-state index is 0. The normalized spacial score (nSPS) is 21.5. The molecule has 0 spiro atoms. The zero-order valence-electron chi connectivity index (χ0n) is 8.58. The maximum absolute atomic E-state index is 5.51. The Morgan fingerprint density at radius 2 is 1.92 bits per heavy atom. The fraction of sp³-hybridized carbons (Fsp3) is 1.00. The van der Waals surface area contributed by atoms with E-state index >= 15 is 0 Å². The third-order valence-electron chi connectivity index (χ3n) is 2.42. The second-order valence-corrected chi connectivity index (χ2v) is 4.33. The van der Waals surface area contributed by atoms with Crippen LogP contribution in [-0.4, -0.2) is 31.1 Å². The summed E-state index contributed by atoms with van der Waals surface area (Å²) in [7, 11) is 0. The maximum atomic E-state index is 5.51. The lowest BCUT2D eigenvalue weighted by molar-refractivity contribution is 0.121. The van der Waals surface area contributed by atoms with Crippen LogP contribution in [-0.2, 0) is 0 Å². The van der Waals surface area contributed by atoms with Gasteiger partial charge in [-0.1, -0.05) is 13.8 Å². The molecule has 82 valence electrons. The quantitative estimate of drug-likeness (QED) is 0.783. The van der Waals surface area contributed by atoms with E-state index in [1.807, 2.05) is 0 Å². The van der Waals surface area contributed by atoms with Crippen molar-refractivity contribution in [3.8, 4) is 0 Å². The zero-order chi connectivity index (χ0) is 8.32. The molecule has 0 aromatic heterocycles. The van der Waals surface area contributed by atoms with E-state index in [2.05, 4.69) is 18.7 Å². The fourth-order valence-corrected chi connectivity index (χ4v) is 1.92. The smallest absolute Gasteiger partial charge is 0.0105 e. The van der Waals surface area contributed by atoms with Gasteiger partial charge in [0, 0.05) is 19.6 Å². The van der Waals surface area contributed by atoms with Gasteiger partial charge in [-0.05, 0) is 24.8 Å². The number of likely N-dealkylation sites (tertiary alicyclic amines) is 1. The third-order valence-corrected chi connectivity index (χ3v) is 2.42. The summed E-state index contributed by atoms with van der Waals surface area (Å²) in [5, 5.41) is 0. The van der Waals surface area contributed by atoms with Gasteiger partial charge >= 0.3 is 0 Å². The van der Waals surface area contributed by atoms with E-state index in [9.17, 15) is 0 Å². The second kappa shape index (κ2) is 6.88. The lowest BCUT2D eigenvalue weighted by atomic mass is 9.84. The zero-order valence-corrected chi connectivity index (χ0v) is 10.2. The molecule has 13 heavy (non-hydrogen) atoms. The molecule has 4 heteroatoms. The van der Waals surface area contributed by atoms with E-state index in [-0.39, 0.29) is 24.8 Å². The summed E-state index contributed by atoms with van der Waals surface area (Å²) in [6.45, 7) is 9.04. The predicted octanol–water partition coefficient (Wildman–Crippen LogP) is 1.91. The van der Waals surface area contributed by atoms with Crippen LogP contribution < -0.4 is 5.73 Å². The summed E-state index contributed by atoms with van der Waals surface area (Å²) < 4.78 is 0. The molecule has 2 nitrogen and oxygen atoms in total. The average Bonchev–Trinajstić information content (AvgIpc) is 1.85. The van der Waals surface area contributed by atoms with E-state index in [1.54, 1.807) is 0 Å². The molecule has 0 saturated carbocycles. The van der Waals surface area contributed by atoms with Gasteiger partial charge in [0.2, 0.25) is 0 Å². The first-order valence-corrected chi connectivity index (χ1v) is 4.56. The first kappa shape index (κ1) is 15.9. The second-order valence-electron chi connectivity index (χ2n) is 4.33. The van der Waals surface area contributed by atoms with Crippen LogP contribution in [0.25, 0.3) is 0 Å². The molecule has 0 amide bonds. The molecular formula is C9H22Cl2N2. The van der Waals surface area contributed by atoms with Gasteiger partial charge in [0.1, 0.15) is 0 Å². The monoisotopic (exact) mass is 228 g/mol. The van der Waals surface area contributed by atoms with E-state index in [0.29, 0.717) is 5.41 Å². The van der Waals surface area contributed by atoms with Gasteiger partial charge in [0.05, 0.1) is 0 Å². The van der Waals surface area contributed by atoms with Crippen molar-refractivity contribution in [2.24, 2.45) is 11.1 Å². The molecule has 0 radical (unpaired) electrons. The molecule has 1 aliphatic heterocycles. The highest BCUT2D eigenvalue weighted by atomic mass is 35.5. The Morgan fingerprint density at radius 3 is 2.38 bits per heavy atom. The van der Waals surface area contributed by atoms with Crippen LogP contribution >= 0.6 is 24.8 Å². The Labute approximate surface area is 94.1 Å². The molecule has 0 unspecified atom stereocenters. The largest absolute Gasteiger partial charge is 0.329 e. The summed E-state index contributed by atoms with van der Waals surface area (Å²) in [6.07, 6.45) is 2.71. The Hall–Kier alpha value is 0.500. The summed E-state index contributed by atoms with van der Waals surface area (Å²) in [5.41, 5.74) is 6.03. The van der Waals surface area contributed by atoms with Crippen molar-refractivity contribution in [2.75, 3.05) is 26.2 Å². The Bertz CT molecular complexity index is 127. The molecule has 2 N–H and O–H groups in total. The lowest BCUT2D eigenvalue weighted by Gasteiger charge is -2.37. The number of nitrogens with zero attached hydrogens (tertiary/aromatic N) is 1. The van der Waals surface area contributed by atoms with Crippen molar-refractivity contribution >= 4 is 24.8 Å². The number of hydrogen-bond acceptors (Lipinski definition) is 2. The van der Waals surface area contributed by atoms with Crippen LogP contribution in [0, 0.1) is 5.41 Å². The number of rotatable bonds is 2. The van der Waals surface area contributed by atoms with E-state index in [0.717, 1.165) is 13.1 Å². The van der Waals surface area contributed by atoms with Crippen molar-refractivity contribution in [3.63, 3.8) is 0 Å². The van der Waals surface area contributed by atoms with Crippen LogP contribution in [0.5, 0.6) is 0 Å². The summed E-state index contributed by atoms with van der Waals surface area (Å²) in [4.78, 5) is 2.48. The highest BCUT2D eigenvalue weighted by Gasteiger charge is 2.25. The van der Waals surface area contributed by atoms with Gasteiger partial charge in [-0.15, -0.1) is 24.8 Å². The third kappa shape index (κ3) is 5.74. The van der Waals surface area contributed by atoms with Crippen LogP contribution in [0.3, 0.4) is 0 Å². The number of halogens is 2. The summed E-state index contributed by atoms with van der Waals surface area (Å²) >= 11 is 0. The highest BCUT2D eigenvalue weighted by Crippen LogP contribution is 2.27. The molecule has 1 fully saturated rings. The first-order chi connectivity index (χ1) is 5.14. The maximum Gasteiger partial charge on any atom is 0.0105 e. The molecule has 0 atom stereocenters.